The average Bonchev–Trinajstić information content (AvgIpc) is 3.06. The van der Waals surface area contributed by atoms with Crippen molar-refractivity contribution in [2.75, 3.05) is 6.61 Å². The number of aliphatic hydroxyl groups excluding tert-OH is 1. The summed E-state index contributed by atoms with van der Waals surface area (Å²) in [5.41, 5.74) is 0.287. The van der Waals surface area contributed by atoms with E-state index in [1.54, 1.807) is 19.9 Å². The van der Waals surface area contributed by atoms with Gasteiger partial charge in [-0.25, -0.2) is 13.1 Å². The fraction of sp³-hybridized carbons (Fsp3) is 0.500. The van der Waals surface area contributed by atoms with Gasteiger partial charge in [-0.05, 0) is 43.9 Å². The van der Waals surface area contributed by atoms with Crippen LogP contribution in [0.15, 0.2) is 11.0 Å². The van der Waals surface area contributed by atoms with Gasteiger partial charge in [-0.1, -0.05) is 23.2 Å². The summed E-state index contributed by atoms with van der Waals surface area (Å²) in [5.74, 6) is 0. The minimum Gasteiger partial charge on any atom is -0.394 e. The van der Waals surface area contributed by atoms with Crippen LogP contribution in [0, 0.1) is 13.8 Å². The maximum Gasteiger partial charge on any atom is 0.242 e. The molecule has 1 aliphatic carbocycles. The summed E-state index contributed by atoms with van der Waals surface area (Å²) in [6.07, 6.45) is 1.25. The first kappa shape index (κ1) is 15.1. The van der Waals surface area contributed by atoms with E-state index in [2.05, 4.69) is 4.72 Å². The maximum absolute atomic E-state index is 12.4. The molecule has 0 heterocycles. The standard InChI is InChI=1S/C12H15Cl2NO3S/c1-7-5-9(13)8(2)11(10(7)14)19(17,18)15-12(6-16)3-4-12/h5,15-16H,3-4,6H2,1-2H3. The van der Waals surface area contributed by atoms with Gasteiger partial charge in [0.2, 0.25) is 10.0 Å². The molecule has 0 aromatic heterocycles. The van der Waals surface area contributed by atoms with Crippen LogP contribution in [0.5, 0.6) is 0 Å². The molecule has 2 rings (SSSR count). The molecule has 1 aromatic rings. The van der Waals surface area contributed by atoms with E-state index in [0.717, 1.165) is 0 Å². The first-order chi connectivity index (χ1) is 8.72. The number of aliphatic hydroxyl groups is 1. The number of halogens is 2. The molecule has 0 amide bonds. The molecule has 106 valence electrons. The van der Waals surface area contributed by atoms with Crippen LogP contribution in [0.4, 0.5) is 0 Å². The van der Waals surface area contributed by atoms with Crippen LogP contribution in [0.25, 0.3) is 0 Å². The Morgan fingerprint density at radius 1 is 1.37 bits per heavy atom. The van der Waals surface area contributed by atoms with Gasteiger partial charge in [0.1, 0.15) is 4.90 Å². The molecule has 0 spiro atoms. The lowest BCUT2D eigenvalue weighted by atomic mass is 10.2. The van der Waals surface area contributed by atoms with E-state index in [4.69, 9.17) is 23.2 Å². The predicted molar refractivity (Wildman–Crippen MR) is 75.3 cm³/mol. The van der Waals surface area contributed by atoms with E-state index in [1.165, 1.54) is 0 Å². The van der Waals surface area contributed by atoms with E-state index in [-0.39, 0.29) is 16.5 Å². The summed E-state index contributed by atoms with van der Waals surface area (Å²) in [6, 6.07) is 1.64. The van der Waals surface area contributed by atoms with E-state index in [1.807, 2.05) is 0 Å². The minimum absolute atomic E-state index is 0.00103. The second kappa shape index (κ2) is 4.90. The molecule has 2 N–H and O–H groups in total. The zero-order valence-corrected chi connectivity index (χ0v) is 13.0. The Balaban J connectivity index is 2.52. The molecule has 1 fully saturated rings. The highest BCUT2D eigenvalue weighted by Gasteiger charge is 2.46. The van der Waals surface area contributed by atoms with E-state index in [0.29, 0.717) is 29.0 Å². The van der Waals surface area contributed by atoms with Gasteiger partial charge in [0.15, 0.2) is 0 Å². The number of aryl methyl sites for hydroxylation is 1. The monoisotopic (exact) mass is 323 g/mol. The Morgan fingerprint density at radius 2 is 1.95 bits per heavy atom. The zero-order chi connectivity index (χ0) is 14.4. The largest absolute Gasteiger partial charge is 0.394 e. The van der Waals surface area contributed by atoms with Crippen molar-refractivity contribution in [2.45, 2.75) is 37.1 Å². The Kier molecular flexibility index (Phi) is 3.88. The second-order valence-electron chi connectivity index (χ2n) is 4.99. The van der Waals surface area contributed by atoms with Crippen LogP contribution in [0.3, 0.4) is 0 Å². The SMILES string of the molecule is Cc1cc(Cl)c(C)c(S(=O)(=O)NC2(CO)CC2)c1Cl. The summed E-state index contributed by atoms with van der Waals surface area (Å²) in [6.45, 7) is 3.09. The third kappa shape index (κ3) is 2.76. The average molecular weight is 324 g/mol. The van der Waals surface area contributed by atoms with Crippen molar-refractivity contribution < 1.29 is 13.5 Å². The van der Waals surface area contributed by atoms with Crippen molar-refractivity contribution in [3.8, 4) is 0 Å². The quantitative estimate of drug-likeness (QED) is 0.894. The lowest BCUT2D eigenvalue weighted by molar-refractivity contribution is 0.246. The Bertz CT molecular complexity index is 598. The number of hydrogen-bond acceptors (Lipinski definition) is 3. The molecule has 1 aliphatic rings. The molecule has 0 unspecified atom stereocenters. The molecular formula is C12H15Cl2NO3S. The van der Waals surface area contributed by atoms with E-state index in [9.17, 15) is 13.5 Å². The van der Waals surface area contributed by atoms with Crippen LogP contribution >= 0.6 is 23.2 Å². The maximum atomic E-state index is 12.4. The topological polar surface area (TPSA) is 66.4 Å². The predicted octanol–water partition coefficient (Wildman–Crippen LogP) is 2.41. The van der Waals surface area contributed by atoms with Crippen molar-refractivity contribution in [2.24, 2.45) is 0 Å². The Labute approximate surface area is 122 Å². The van der Waals surface area contributed by atoms with Crippen molar-refractivity contribution in [3.63, 3.8) is 0 Å². The van der Waals surface area contributed by atoms with Crippen LogP contribution in [0.1, 0.15) is 24.0 Å². The first-order valence-corrected chi connectivity index (χ1v) is 8.06. The Hall–Kier alpha value is -0.330. The highest BCUT2D eigenvalue weighted by molar-refractivity contribution is 7.89. The van der Waals surface area contributed by atoms with Gasteiger partial charge in [0.05, 0.1) is 17.2 Å². The van der Waals surface area contributed by atoms with Crippen LogP contribution < -0.4 is 4.72 Å². The lowest BCUT2D eigenvalue weighted by Crippen LogP contribution is -2.40. The molecule has 0 saturated heterocycles. The van der Waals surface area contributed by atoms with Crippen LogP contribution in [-0.2, 0) is 10.0 Å². The molecule has 1 aromatic carbocycles. The van der Waals surface area contributed by atoms with Gasteiger partial charge in [-0.3, -0.25) is 0 Å². The van der Waals surface area contributed by atoms with Crippen molar-refractivity contribution in [3.05, 3.63) is 27.2 Å². The number of sulfonamides is 1. The van der Waals surface area contributed by atoms with Gasteiger partial charge in [-0.2, -0.15) is 0 Å². The molecule has 4 nitrogen and oxygen atoms in total. The van der Waals surface area contributed by atoms with Gasteiger partial charge in [0.25, 0.3) is 0 Å². The van der Waals surface area contributed by atoms with Crippen molar-refractivity contribution >= 4 is 33.2 Å². The third-order valence-corrected chi connectivity index (χ3v) is 6.10. The summed E-state index contributed by atoms with van der Waals surface area (Å²) in [5, 5.41) is 9.76. The molecule has 0 radical (unpaired) electrons. The highest BCUT2D eigenvalue weighted by atomic mass is 35.5. The minimum atomic E-state index is -3.80. The molecule has 1 saturated carbocycles. The molecule has 19 heavy (non-hydrogen) atoms. The fourth-order valence-electron chi connectivity index (χ4n) is 1.91. The summed E-state index contributed by atoms with van der Waals surface area (Å²) >= 11 is 12.1. The number of benzene rings is 1. The Morgan fingerprint density at radius 3 is 2.42 bits per heavy atom. The van der Waals surface area contributed by atoms with Gasteiger partial charge >= 0.3 is 0 Å². The summed E-state index contributed by atoms with van der Waals surface area (Å²) in [4.78, 5) is -0.00103. The summed E-state index contributed by atoms with van der Waals surface area (Å²) < 4.78 is 27.4. The first-order valence-electron chi connectivity index (χ1n) is 5.82. The van der Waals surface area contributed by atoms with Crippen LogP contribution in [-0.4, -0.2) is 25.7 Å². The third-order valence-electron chi connectivity index (χ3n) is 3.36. The smallest absolute Gasteiger partial charge is 0.242 e. The molecule has 0 atom stereocenters. The van der Waals surface area contributed by atoms with Gasteiger partial charge < -0.3 is 5.11 Å². The number of hydrogen-bond donors (Lipinski definition) is 2. The highest BCUT2D eigenvalue weighted by Crippen LogP contribution is 2.39. The molecule has 0 bridgehead atoms. The van der Waals surface area contributed by atoms with Crippen LogP contribution in [0.2, 0.25) is 10.0 Å². The van der Waals surface area contributed by atoms with E-state index < -0.39 is 15.6 Å². The molecular weight excluding hydrogens is 309 g/mol. The lowest BCUT2D eigenvalue weighted by Gasteiger charge is -2.18. The van der Waals surface area contributed by atoms with E-state index >= 15 is 0 Å². The summed E-state index contributed by atoms with van der Waals surface area (Å²) in [7, 11) is -3.80. The van der Waals surface area contributed by atoms with Crippen molar-refractivity contribution in [1.29, 1.82) is 0 Å². The van der Waals surface area contributed by atoms with Crippen molar-refractivity contribution in [1.82, 2.24) is 4.72 Å². The number of rotatable bonds is 4. The van der Waals surface area contributed by atoms with Gasteiger partial charge in [0, 0.05) is 5.02 Å². The van der Waals surface area contributed by atoms with Gasteiger partial charge in [-0.15, -0.1) is 0 Å². The second-order valence-corrected chi connectivity index (χ2v) is 7.39. The zero-order valence-electron chi connectivity index (χ0n) is 10.6. The number of nitrogens with one attached hydrogen (secondary N) is 1. The normalized spacial score (nSPS) is 17.5. The fourth-order valence-corrected chi connectivity index (χ4v) is 4.58. The molecule has 7 heteroatoms. The molecule has 0 aliphatic heterocycles.